The van der Waals surface area contributed by atoms with Crippen LogP contribution in [0, 0.1) is 0 Å². The van der Waals surface area contributed by atoms with Crippen molar-refractivity contribution in [3.05, 3.63) is 0 Å². The van der Waals surface area contributed by atoms with E-state index in [9.17, 15) is 9.59 Å². The lowest BCUT2D eigenvalue weighted by Crippen LogP contribution is -2.00. The van der Waals surface area contributed by atoms with Gasteiger partial charge in [-0.1, -0.05) is 0 Å². The molecule has 2 N–H and O–H groups in total. The largest absolute Gasteiger partial charge is 0.481 e. The molecule has 0 unspecified atom stereocenters. The van der Waals surface area contributed by atoms with E-state index in [0.717, 1.165) is 0 Å². The van der Waals surface area contributed by atoms with Crippen molar-refractivity contribution in [3.8, 4) is 0 Å². The molecular weight excluding hydrogens is 112 g/mol. The van der Waals surface area contributed by atoms with E-state index in [1.54, 1.807) is 0 Å². The Morgan fingerprint density at radius 2 is 1.75 bits per heavy atom. The molecule has 0 aliphatic heterocycles. The van der Waals surface area contributed by atoms with E-state index in [1.165, 1.54) is 0 Å². The van der Waals surface area contributed by atoms with E-state index >= 15 is 0 Å². The highest BCUT2D eigenvalue weighted by Crippen LogP contribution is 1.85. The third kappa shape index (κ3) is 4.94. The summed E-state index contributed by atoms with van der Waals surface area (Å²) in [5, 5.41) is 6.45. The maximum absolute atomic E-state index is 10.6. The highest BCUT2D eigenvalue weighted by molar-refractivity contribution is 5.75. The van der Waals surface area contributed by atoms with Gasteiger partial charge in [-0.3, -0.25) is 9.59 Å². The van der Waals surface area contributed by atoms with Gasteiger partial charge in [0.2, 0.25) is 0 Å². The molecule has 0 radical (unpaired) electrons. The summed E-state index contributed by atoms with van der Waals surface area (Å²) in [5.41, 5.74) is 0. The Kier molecular flexibility index (Phi) is 0.646. The van der Waals surface area contributed by atoms with Crippen molar-refractivity contribution in [3.63, 3.8) is 0 Å². The second-order valence-electron chi connectivity index (χ2n) is 0.825. The molecule has 0 aliphatic carbocycles. The molecule has 0 aromatic carbocycles. The highest BCUT2D eigenvalue weighted by Gasteiger charge is 2.00. The fraction of sp³-hybridized carbons (Fsp3) is 0.500. The second-order valence-corrected chi connectivity index (χ2v) is 0.825. The van der Waals surface area contributed by atoms with Crippen LogP contribution in [0.5, 0.6) is 0 Å². The van der Waals surface area contributed by atoms with Crippen molar-refractivity contribution in [1.82, 2.24) is 0 Å². The first-order valence-corrected chi connectivity index (χ1v) is 1.57. The summed E-state index contributed by atoms with van der Waals surface area (Å²) in [6, 6.07) is 0. The van der Waals surface area contributed by atoms with Crippen LogP contribution in [0.25, 0.3) is 2.86 Å². The molecule has 0 amide bonds. The van der Waals surface area contributed by atoms with E-state index < -0.39 is 24.7 Å². The first-order valence-electron chi connectivity index (χ1n) is 4.38. The number of aliphatic carboxylic acids is 2. The average molecular weight is 124 g/mol. The van der Waals surface area contributed by atoms with Gasteiger partial charge in [-0.25, -0.2) is 0 Å². The number of carbonyl (C=O) groups is 2. The van der Waals surface area contributed by atoms with Crippen LogP contribution in [0.3, 0.4) is 0 Å². The molecule has 4 nitrogen and oxygen atoms in total. The molecular formula is C4H6O4. The quantitative estimate of drug-likeness (QED) is 0.552. The molecule has 0 fully saturated rings. The Morgan fingerprint density at radius 3 is 2.00 bits per heavy atom. The smallest absolute Gasteiger partial charge is 0.303 e. The number of carboxylic acid groups (broad SMARTS) is 2. The molecule has 0 bridgehead atoms. The molecule has 0 aliphatic rings. The fourth-order valence-electron chi connectivity index (χ4n) is 0.102. The van der Waals surface area contributed by atoms with Crippen LogP contribution in [0.15, 0.2) is 0 Å². The third-order valence-corrected chi connectivity index (χ3v) is 0.267. The van der Waals surface area contributed by atoms with Crippen molar-refractivity contribution < 1.29 is 25.3 Å². The second kappa shape index (κ2) is 3.01. The summed E-state index contributed by atoms with van der Waals surface area (Å²) in [4.78, 5) is 21.2. The maximum Gasteiger partial charge on any atom is 0.303 e. The zero-order valence-corrected chi connectivity index (χ0v) is 3.63. The summed E-state index contributed by atoms with van der Waals surface area (Å²) in [7, 11) is 0. The van der Waals surface area contributed by atoms with E-state index in [0.29, 0.717) is 0 Å². The van der Waals surface area contributed by atoms with Crippen LogP contribution < -0.4 is 0 Å². The third-order valence-electron chi connectivity index (χ3n) is 0.267. The maximum atomic E-state index is 10.6. The Balaban J connectivity index is 5.06. The average Bonchev–Trinajstić information content (AvgIpc) is 2.14. The zero-order valence-electron chi connectivity index (χ0n) is 9.63. The van der Waals surface area contributed by atoms with Gasteiger partial charge in [-0.15, -0.1) is 0 Å². The normalized spacial score (nSPS) is 22.0. The van der Waals surface area contributed by atoms with Crippen LogP contribution in [-0.4, -0.2) is 22.2 Å². The molecule has 0 heterocycles. The molecule has 0 aromatic rings. The summed E-state index contributed by atoms with van der Waals surface area (Å²) >= 11 is 0. The van der Waals surface area contributed by atoms with Crippen LogP contribution in [0.1, 0.15) is 18.2 Å². The monoisotopic (exact) mass is 124 g/mol. The van der Waals surface area contributed by atoms with Crippen LogP contribution in [0.2, 0.25) is 0 Å². The predicted octanol–water partition coefficient (Wildman–Crippen LogP) is -0.0642. The summed E-state index contributed by atoms with van der Waals surface area (Å²) in [6.07, 6.45) is -6.76. The molecule has 0 atom stereocenters. The summed E-state index contributed by atoms with van der Waals surface area (Å²) in [6.45, 7) is 0. The van der Waals surface area contributed by atoms with Gasteiger partial charge in [0, 0.05) is 5.48 Å². The van der Waals surface area contributed by atoms with Crippen molar-refractivity contribution in [2.45, 2.75) is 12.7 Å². The van der Waals surface area contributed by atoms with Gasteiger partial charge in [0.15, 0.2) is 0 Å². The Labute approximate surface area is 54.3 Å². The van der Waals surface area contributed by atoms with Gasteiger partial charge in [0.05, 0.1) is 12.7 Å². The SMILES string of the molecule is [2H]OC(=O)C([2H])([2H])C([2H])([2H])C(=O)O[2H]. The standard InChI is InChI=1S/C4H6O4/c5-3(6)1-2-4(7)8/h1-2H2,(H,5,6)(H,7,8)/i1D2,2D2/hD2. The first-order chi connectivity index (χ1) is 6.21. The molecule has 46 valence electrons. The molecule has 0 saturated heterocycles. The van der Waals surface area contributed by atoms with Gasteiger partial charge in [0.1, 0.15) is 0 Å². The van der Waals surface area contributed by atoms with E-state index in [4.69, 9.17) is 8.35 Å². The van der Waals surface area contributed by atoms with Gasteiger partial charge < -0.3 is 10.2 Å². The van der Waals surface area contributed by atoms with E-state index in [1.807, 2.05) is 0 Å². The van der Waals surface area contributed by atoms with Crippen LogP contribution in [-0.2, 0) is 9.59 Å². The lowest BCUT2D eigenvalue weighted by molar-refractivity contribution is -0.143. The molecule has 0 rings (SSSR count). The number of hydrogen-bond acceptors (Lipinski definition) is 4. The number of carboxylic acids is 2. The fourth-order valence-corrected chi connectivity index (χ4v) is 0.102. The Morgan fingerprint density at radius 1 is 1.38 bits per heavy atom. The van der Waals surface area contributed by atoms with Crippen molar-refractivity contribution in [1.29, 1.82) is 2.86 Å². The van der Waals surface area contributed by atoms with Gasteiger partial charge in [-0.2, -0.15) is 0 Å². The molecule has 0 spiro atoms. The van der Waals surface area contributed by atoms with Crippen molar-refractivity contribution in [2.24, 2.45) is 0 Å². The molecule has 8 heavy (non-hydrogen) atoms. The lowest BCUT2D eigenvalue weighted by atomic mass is 10.3. The lowest BCUT2D eigenvalue weighted by Gasteiger charge is -1.85. The summed E-state index contributed by atoms with van der Waals surface area (Å²) in [5.74, 6) is -3.76. The Hall–Kier alpha value is -1.06. The van der Waals surface area contributed by atoms with E-state index in [-0.39, 0.29) is 0 Å². The minimum atomic E-state index is -3.38. The minimum Gasteiger partial charge on any atom is -0.481 e. The Bertz CT molecular complexity index is 224. The molecule has 0 saturated carbocycles. The molecule has 4 heteroatoms. The van der Waals surface area contributed by atoms with Gasteiger partial charge in [-0.05, 0) is 0 Å². The van der Waals surface area contributed by atoms with Gasteiger partial charge in [0.25, 0.3) is 2.86 Å². The molecule has 0 aromatic heterocycles. The van der Waals surface area contributed by atoms with Crippen LogP contribution in [0.4, 0.5) is 0 Å². The summed E-state index contributed by atoms with van der Waals surface area (Å²) < 4.78 is 39.7. The van der Waals surface area contributed by atoms with E-state index in [2.05, 4.69) is 10.2 Å². The highest BCUT2D eigenvalue weighted by atomic mass is 16.4. The minimum absolute atomic E-state index is 1.88. The topological polar surface area (TPSA) is 74.6 Å². The number of hydrogen-bond donors (Lipinski definition) is 2. The first kappa shape index (κ1) is 1.72. The van der Waals surface area contributed by atoms with Crippen LogP contribution >= 0.6 is 0 Å². The zero-order chi connectivity index (χ0) is 11.6. The van der Waals surface area contributed by atoms with Crippen molar-refractivity contribution >= 4 is 11.9 Å². The number of rotatable bonds is 3. The van der Waals surface area contributed by atoms with Crippen molar-refractivity contribution in [2.75, 3.05) is 0 Å². The predicted molar refractivity (Wildman–Crippen MR) is 24.5 cm³/mol. The van der Waals surface area contributed by atoms with Gasteiger partial charge >= 0.3 is 11.9 Å².